The quantitative estimate of drug-likeness (QED) is 0.909. The number of aliphatic hydroxyl groups is 1. The fraction of sp³-hybridized carbons (Fsp3) is 0.438. The van der Waals surface area contributed by atoms with E-state index in [1.54, 1.807) is 18.5 Å². The molecule has 1 atom stereocenters. The zero-order chi connectivity index (χ0) is 15.9. The molecule has 6 nitrogen and oxygen atoms in total. The van der Waals surface area contributed by atoms with Crippen LogP contribution in [0.1, 0.15) is 19.4 Å². The molecule has 1 fully saturated rings. The predicted molar refractivity (Wildman–Crippen MR) is 84.6 cm³/mol. The van der Waals surface area contributed by atoms with E-state index in [1.165, 1.54) is 0 Å². The van der Waals surface area contributed by atoms with Crippen LogP contribution in [0.5, 0.6) is 0 Å². The molecule has 0 aliphatic carbocycles. The van der Waals surface area contributed by atoms with Crippen LogP contribution in [0.15, 0.2) is 24.5 Å². The van der Waals surface area contributed by atoms with Gasteiger partial charge in [0.15, 0.2) is 0 Å². The van der Waals surface area contributed by atoms with Crippen molar-refractivity contribution in [3.8, 4) is 6.07 Å². The molecule has 0 saturated carbocycles. The van der Waals surface area contributed by atoms with Crippen molar-refractivity contribution < 1.29 is 9.84 Å². The number of morpholine rings is 1. The number of fused-ring (bicyclic) bond motifs is 1. The van der Waals surface area contributed by atoms with Gasteiger partial charge in [-0.05, 0) is 12.1 Å². The number of aliphatic hydroxyl groups excluding tert-OH is 1. The summed E-state index contributed by atoms with van der Waals surface area (Å²) in [6.45, 7) is 5.89. The predicted octanol–water partition coefficient (Wildman–Crippen LogP) is 1.73. The lowest BCUT2D eigenvalue weighted by Gasteiger charge is -2.34. The Labute approximate surface area is 130 Å². The van der Waals surface area contributed by atoms with Gasteiger partial charge in [0.2, 0.25) is 0 Å². The van der Waals surface area contributed by atoms with E-state index in [9.17, 15) is 5.11 Å². The molecule has 1 unspecified atom stereocenters. The van der Waals surface area contributed by atoms with Gasteiger partial charge in [-0.2, -0.15) is 5.26 Å². The number of nitriles is 1. The van der Waals surface area contributed by atoms with Gasteiger partial charge in [0.25, 0.3) is 0 Å². The van der Waals surface area contributed by atoms with Crippen molar-refractivity contribution in [2.45, 2.75) is 20.0 Å². The first-order valence-electron chi connectivity index (χ1n) is 7.44. The number of anilines is 1. The lowest BCUT2D eigenvalue weighted by Crippen LogP contribution is -2.44. The number of hydrogen-bond donors (Lipinski definition) is 1. The number of hydrogen-bond acceptors (Lipinski definition) is 6. The van der Waals surface area contributed by atoms with Crippen molar-refractivity contribution in [3.63, 3.8) is 0 Å². The summed E-state index contributed by atoms with van der Waals surface area (Å²) in [5, 5.41) is 18.4. The van der Waals surface area contributed by atoms with Gasteiger partial charge in [0.05, 0.1) is 30.6 Å². The number of rotatable bonds is 2. The van der Waals surface area contributed by atoms with Gasteiger partial charge in [-0.1, -0.05) is 13.8 Å². The molecule has 2 aromatic rings. The van der Waals surface area contributed by atoms with Crippen molar-refractivity contribution in [1.29, 1.82) is 5.26 Å². The van der Waals surface area contributed by atoms with Crippen molar-refractivity contribution in [3.05, 3.63) is 30.1 Å². The van der Waals surface area contributed by atoms with Crippen LogP contribution in [0.25, 0.3) is 11.0 Å². The Hall–Kier alpha value is -2.23. The first kappa shape index (κ1) is 16.1. The van der Waals surface area contributed by atoms with Crippen molar-refractivity contribution >= 4 is 16.7 Å². The molecule has 2 heterocycles. The Balaban J connectivity index is 0.000000847. The Morgan fingerprint density at radius 1 is 1.32 bits per heavy atom. The highest BCUT2D eigenvalue weighted by Crippen LogP contribution is 2.27. The molecule has 3 rings (SSSR count). The van der Waals surface area contributed by atoms with E-state index in [0.29, 0.717) is 29.7 Å². The zero-order valence-electron chi connectivity index (χ0n) is 12.9. The third-order valence-corrected chi connectivity index (χ3v) is 3.41. The molecule has 1 aliphatic heterocycles. The molecule has 1 aromatic heterocycles. The van der Waals surface area contributed by atoms with E-state index in [2.05, 4.69) is 20.9 Å². The first-order valence-corrected chi connectivity index (χ1v) is 7.44. The highest BCUT2D eigenvalue weighted by atomic mass is 16.5. The highest BCUT2D eigenvalue weighted by Gasteiger charge is 2.22. The second-order valence-corrected chi connectivity index (χ2v) is 4.62. The number of benzene rings is 1. The van der Waals surface area contributed by atoms with Crippen molar-refractivity contribution in [2.75, 3.05) is 31.2 Å². The number of aromatic nitrogens is 2. The fourth-order valence-electron chi connectivity index (χ4n) is 2.44. The Morgan fingerprint density at radius 3 is 2.73 bits per heavy atom. The second kappa shape index (κ2) is 7.69. The number of ether oxygens (including phenoxy) is 1. The molecule has 0 amide bonds. The van der Waals surface area contributed by atoms with E-state index in [4.69, 9.17) is 10.00 Å². The average molecular weight is 300 g/mol. The summed E-state index contributed by atoms with van der Waals surface area (Å²) in [6, 6.07) is 5.78. The third-order valence-electron chi connectivity index (χ3n) is 3.41. The first-order chi connectivity index (χ1) is 10.8. The van der Waals surface area contributed by atoms with E-state index >= 15 is 0 Å². The van der Waals surface area contributed by atoms with Gasteiger partial charge in [-0.3, -0.25) is 9.97 Å². The van der Waals surface area contributed by atoms with Gasteiger partial charge < -0.3 is 14.7 Å². The molecule has 0 bridgehead atoms. The van der Waals surface area contributed by atoms with E-state index in [-0.39, 0.29) is 12.7 Å². The summed E-state index contributed by atoms with van der Waals surface area (Å²) < 4.78 is 5.46. The summed E-state index contributed by atoms with van der Waals surface area (Å²) in [5.41, 5.74) is 2.77. The summed E-state index contributed by atoms with van der Waals surface area (Å²) in [4.78, 5) is 10.7. The van der Waals surface area contributed by atoms with Crippen LogP contribution in [0, 0.1) is 11.3 Å². The van der Waals surface area contributed by atoms with Crippen LogP contribution < -0.4 is 4.90 Å². The molecule has 0 spiro atoms. The van der Waals surface area contributed by atoms with E-state index < -0.39 is 0 Å². The van der Waals surface area contributed by atoms with Gasteiger partial charge in [0, 0.05) is 25.5 Å². The van der Waals surface area contributed by atoms with Crippen LogP contribution in [-0.2, 0) is 4.74 Å². The van der Waals surface area contributed by atoms with Crippen molar-refractivity contribution in [1.82, 2.24) is 9.97 Å². The van der Waals surface area contributed by atoms with Gasteiger partial charge >= 0.3 is 0 Å². The summed E-state index contributed by atoms with van der Waals surface area (Å²) in [7, 11) is 0. The zero-order valence-corrected chi connectivity index (χ0v) is 12.9. The minimum Gasteiger partial charge on any atom is -0.394 e. The normalized spacial score (nSPS) is 17.5. The van der Waals surface area contributed by atoms with Gasteiger partial charge in [-0.15, -0.1) is 0 Å². The maximum Gasteiger partial charge on any atom is 0.113 e. The van der Waals surface area contributed by atoms with E-state index in [1.807, 2.05) is 19.9 Å². The molecular weight excluding hydrogens is 280 g/mol. The minimum absolute atomic E-state index is 0.00358. The maximum absolute atomic E-state index is 9.23. The van der Waals surface area contributed by atoms with Crippen LogP contribution in [0.2, 0.25) is 0 Å². The minimum atomic E-state index is -0.189. The molecular formula is C16H20N4O2. The molecule has 0 radical (unpaired) electrons. The number of nitrogens with zero attached hydrogens (tertiary/aromatic N) is 4. The van der Waals surface area contributed by atoms with Gasteiger partial charge in [0.1, 0.15) is 17.1 Å². The molecule has 6 heteroatoms. The van der Waals surface area contributed by atoms with E-state index in [0.717, 1.165) is 12.2 Å². The maximum atomic E-state index is 9.23. The molecule has 22 heavy (non-hydrogen) atoms. The van der Waals surface area contributed by atoms with Crippen LogP contribution in [-0.4, -0.2) is 47.5 Å². The van der Waals surface area contributed by atoms with Crippen molar-refractivity contribution in [2.24, 2.45) is 0 Å². The lowest BCUT2D eigenvalue weighted by molar-refractivity contribution is 0.00363. The molecule has 1 N–H and O–H groups in total. The Kier molecular flexibility index (Phi) is 5.64. The molecule has 116 valence electrons. The smallest absolute Gasteiger partial charge is 0.113 e. The van der Waals surface area contributed by atoms with Crippen LogP contribution >= 0.6 is 0 Å². The second-order valence-electron chi connectivity index (χ2n) is 4.62. The van der Waals surface area contributed by atoms with Gasteiger partial charge in [-0.25, -0.2) is 0 Å². The van der Waals surface area contributed by atoms with Crippen LogP contribution in [0.3, 0.4) is 0 Å². The average Bonchev–Trinajstić information content (AvgIpc) is 2.62. The Morgan fingerprint density at radius 2 is 2.05 bits per heavy atom. The Bertz CT molecular complexity index is 669. The van der Waals surface area contributed by atoms with Crippen LogP contribution in [0.4, 0.5) is 5.69 Å². The largest absolute Gasteiger partial charge is 0.394 e. The summed E-state index contributed by atoms with van der Waals surface area (Å²) >= 11 is 0. The standard InChI is InChI=1S/C14H14N4O2.C2H6/c15-7-10-1-2-12(14-13(10)16-3-4-17-14)18-5-6-20-11(8-18)9-19;1-2/h1-4,11,19H,5-6,8-9H2;1-2H3. The molecule has 1 saturated heterocycles. The fourth-order valence-corrected chi connectivity index (χ4v) is 2.44. The summed E-state index contributed by atoms with van der Waals surface area (Å²) in [5.74, 6) is 0. The lowest BCUT2D eigenvalue weighted by atomic mass is 10.1. The summed E-state index contributed by atoms with van der Waals surface area (Å²) in [6.07, 6.45) is 3.02. The molecule has 1 aliphatic rings. The third kappa shape index (κ3) is 3.16. The highest BCUT2D eigenvalue weighted by molar-refractivity contribution is 5.91. The topological polar surface area (TPSA) is 82.3 Å². The monoisotopic (exact) mass is 300 g/mol. The SMILES string of the molecule is CC.N#Cc1ccc(N2CCOC(CO)C2)c2nccnc12. The molecule has 1 aromatic carbocycles.